The number of rotatable bonds is 5. The minimum atomic E-state index is -0.548. The SMILES string of the molecule is COc1cccc(OC)c1C(=O)OCc1cc(C)no1. The van der Waals surface area contributed by atoms with Crippen LogP contribution in [0.3, 0.4) is 0 Å². The van der Waals surface area contributed by atoms with Crippen LogP contribution in [0.2, 0.25) is 0 Å². The molecule has 2 rings (SSSR count). The highest BCUT2D eigenvalue weighted by Gasteiger charge is 2.20. The Kier molecular flexibility index (Phi) is 4.24. The molecule has 0 N–H and O–H groups in total. The van der Waals surface area contributed by atoms with E-state index in [2.05, 4.69) is 5.16 Å². The molecule has 0 fully saturated rings. The Bertz CT molecular complexity index is 583. The molecule has 20 heavy (non-hydrogen) atoms. The van der Waals surface area contributed by atoms with Crippen LogP contribution in [0, 0.1) is 6.92 Å². The van der Waals surface area contributed by atoms with Gasteiger partial charge >= 0.3 is 5.97 Å². The van der Waals surface area contributed by atoms with Gasteiger partial charge in [0.25, 0.3) is 0 Å². The van der Waals surface area contributed by atoms with E-state index in [0.717, 1.165) is 5.69 Å². The summed E-state index contributed by atoms with van der Waals surface area (Å²) in [5.41, 5.74) is 0.972. The van der Waals surface area contributed by atoms with E-state index >= 15 is 0 Å². The van der Waals surface area contributed by atoms with Gasteiger partial charge < -0.3 is 18.7 Å². The van der Waals surface area contributed by atoms with E-state index in [-0.39, 0.29) is 12.2 Å². The monoisotopic (exact) mass is 277 g/mol. The Labute approximate surface area is 116 Å². The summed E-state index contributed by atoms with van der Waals surface area (Å²) >= 11 is 0. The maximum atomic E-state index is 12.1. The highest BCUT2D eigenvalue weighted by atomic mass is 16.6. The molecule has 0 aliphatic heterocycles. The number of methoxy groups -OCH3 is 2. The third-order valence-electron chi connectivity index (χ3n) is 2.65. The molecular weight excluding hydrogens is 262 g/mol. The smallest absolute Gasteiger partial charge is 0.346 e. The lowest BCUT2D eigenvalue weighted by molar-refractivity contribution is 0.0430. The average Bonchev–Trinajstić information content (AvgIpc) is 2.89. The van der Waals surface area contributed by atoms with Crippen LogP contribution < -0.4 is 9.47 Å². The summed E-state index contributed by atoms with van der Waals surface area (Å²) in [5, 5.41) is 3.72. The highest BCUT2D eigenvalue weighted by Crippen LogP contribution is 2.29. The molecule has 1 aromatic carbocycles. The van der Waals surface area contributed by atoms with Crippen molar-refractivity contribution in [3.8, 4) is 11.5 Å². The normalized spacial score (nSPS) is 10.2. The van der Waals surface area contributed by atoms with Crippen molar-refractivity contribution >= 4 is 5.97 Å². The Hall–Kier alpha value is -2.50. The summed E-state index contributed by atoms with van der Waals surface area (Å²) in [6, 6.07) is 6.76. The lowest BCUT2D eigenvalue weighted by atomic mass is 10.2. The number of aromatic nitrogens is 1. The van der Waals surface area contributed by atoms with E-state index in [0.29, 0.717) is 17.3 Å². The average molecular weight is 277 g/mol. The summed E-state index contributed by atoms with van der Waals surface area (Å²) in [4.78, 5) is 12.1. The first kappa shape index (κ1) is 13.9. The molecule has 0 saturated heterocycles. The van der Waals surface area contributed by atoms with Gasteiger partial charge in [0.1, 0.15) is 17.1 Å². The molecule has 0 amide bonds. The first-order chi connectivity index (χ1) is 9.65. The number of aryl methyl sites for hydroxylation is 1. The van der Waals surface area contributed by atoms with Gasteiger partial charge in [-0.3, -0.25) is 0 Å². The summed E-state index contributed by atoms with van der Waals surface area (Å²) in [6.45, 7) is 1.79. The molecule has 0 bridgehead atoms. The Morgan fingerprint density at radius 3 is 2.40 bits per heavy atom. The number of carbonyl (C=O) groups excluding carboxylic acids is 1. The van der Waals surface area contributed by atoms with Crippen molar-refractivity contribution in [2.75, 3.05) is 14.2 Å². The summed E-state index contributed by atoms with van der Waals surface area (Å²) in [6.07, 6.45) is 0. The van der Waals surface area contributed by atoms with Crippen LogP contribution in [0.25, 0.3) is 0 Å². The lowest BCUT2D eigenvalue weighted by Crippen LogP contribution is -2.09. The molecule has 0 saturated carbocycles. The number of esters is 1. The molecule has 6 nitrogen and oxygen atoms in total. The number of carbonyl (C=O) groups is 1. The van der Waals surface area contributed by atoms with Crippen molar-refractivity contribution in [3.05, 3.63) is 41.3 Å². The zero-order valence-corrected chi connectivity index (χ0v) is 11.5. The van der Waals surface area contributed by atoms with Gasteiger partial charge in [0.15, 0.2) is 12.4 Å². The highest BCUT2D eigenvalue weighted by molar-refractivity contribution is 5.95. The molecule has 0 unspecified atom stereocenters. The number of hydrogen-bond acceptors (Lipinski definition) is 6. The van der Waals surface area contributed by atoms with Crippen LogP contribution >= 0.6 is 0 Å². The molecule has 0 aliphatic carbocycles. The molecule has 1 heterocycles. The molecule has 2 aromatic rings. The maximum Gasteiger partial charge on any atom is 0.346 e. The lowest BCUT2D eigenvalue weighted by Gasteiger charge is -2.11. The zero-order chi connectivity index (χ0) is 14.5. The fourth-order valence-corrected chi connectivity index (χ4v) is 1.75. The number of nitrogens with zero attached hydrogens (tertiary/aromatic N) is 1. The largest absolute Gasteiger partial charge is 0.496 e. The van der Waals surface area contributed by atoms with E-state index in [1.54, 1.807) is 31.2 Å². The van der Waals surface area contributed by atoms with Crippen molar-refractivity contribution in [2.24, 2.45) is 0 Å². The minimum Gasteiger partial charge on any atom is -0.496 e. The van der Waals surface area contributed by atoms with Crippen LogP contribution in [-0.4, -0.2) is 25.3 Å². The van der Waals surface area contributed by atoms with Crippen LogP contribution in [0.1, 0.15) is 21.8 Å². The third kappa shape index (κ3) is 2.90. The number of ether oxygens (including phenoxy) is 3. The standard InChI is InChI=1S/C14H15NO5/c1-9-7-10(20-15-9)8-19-14(16)13-11(17-2)5-4-6-12(13)18-3/h4-7H,8H2,1-3H3. The molecule has 0 aliphatic rings. The predicted octanol–water partition coefficient (Wildman–Crippen LogP) is 2.36. The van der Waals surface area contributed by atoms with Crippen LogP contribution in [-0.2, 0) is 11.3 Å². The van der Waals surface area contributed by atoms with Crippen LogP contribution in [0.4, 0.5) is 0 Å². The first-order valence-electron chi connectivity index (χ1n) is 5.96. The maximum absolute atomic E-state index is 12.1. The zero-order valence-electron chi connectivity index (χ0n) is 11.5. The van der Waals surface area contributed by atoms with Crippen LogP contribution in [0.15, 0.2) is 28.8 Å². The van der Waals surface area contributed by atoms with Crippen molar-refractivity contribution in [1.29, 1.82) is 0 Å². The van der Waals surface area contributed by atoms with Crippen molar-refractivity contribution in [3.63, 3.8) is 0 Å². The summed E-state index contributed by atoms with van der Waals surface area (Å²) in [5.74, 6) is 0.712. The molecule has 0 spiro atoms. The molecule has 6 heteroatoms. The Morgan fingerprint density at radius 2 is 1.90 bits per heavy atom. The van der Waals surface area contributed by atoms with E-state index in [4.69, 9.17) is 18.7 Å². The second-order valence-electron chi connectivity index (χ2n) is 4.05. The van der Waals surface area contributed by atoms with E-state index in [1.165, 1.54) is 14.2 Å². The molecule has 1 aromatic heterocycles. The van der Waals surface area contributed by atoms with Crippen molar-refractivity contribution in [1.82, 2.24) is 5.16 Å². The topological polar surface area (TPSA) is 70.8 Å². The fraction of sp³-hybridized carbons (Fsp3) is 0.286. The van der Waals surface area contributed by atoms with E-state index < -0.39 is 5.97 Å². The predicted molar refractivity (Wildman–Crippen MR) is 69.9 cm³/mol. The van der Waals surface area contributed by atoms with Gasteiger partial charge in [-0.2, -0.15) is 0 Å². The first-order valence-corrected chi connectivity index (χ1v) is 5.96. The van der Waals surface area contributed by atoms with Gasteiger partial charge in [-0.1, -0.05) is 11.2 Å². The fourth-order valence-electron chi connectivity index (χ4n) is 1.75. The molecule has 106 valence electrons. The quantitative estimate of drug-likeness (QED) is 0.781. The minimum absolute atomic E-state index is 0.000869. The van der Waals surface area contributed by atoms with Gasteiger partial charge in [0.2, 0.25) is 0 Å². The number of hydrogen-bond donors (Lipinski definition) is 0. The summed E-state index contributed by atoms with van der Waals surface area (Å²) in [7, 11) is 2.96. The molecule has 0 atom stereocenters. The Balaban J connectivity index is 2.16. The van der Waals surface area contributed by atoms with Crippen LogP contribution in [0.5, 0.6) is 11.5 Å². The molecular formula is C14H15NO5. The second kappa shape index (κ2) is 6.10. The van der Waals surface area contributed by atoms with E-state index in [1.807, 2.05) is 0 Å². The second-order valence-corrected chi connectivity index (χ2v) is 4.05. The van der Waals surface area contributed by atoms with Gasteiger partial charge in [0, 0.05) is 6.07 Å². The third-order valence-corrected chi connectivity index (χ3v) is 2.65. The number of benzene rings is 1. The van der Waals surface area contributed by atoms with Gasteiger partial charge in [0.05, 0.1) is 19.9 Å². The Morgan fingerprint density at radius 1 is 1.25 bits per heavy atom. The van der Waals surface area contributed by atoms with Gasteiger partial charge in [-0.25, -0.2) is 4.79 Å². The van der Waals surface area contributed by atoms with Crippen molar-refractivity contribution in [2.45, 2.75) is 13.5 Å². The molecule has 0 radical (unpaired) electrons. The van der Waals surface area contributed by atoms with Crippen molar-refractivity contribution < 1.29 is 23.5 Å². The van der Waals surface area contributed by atoms with Gasteiger partial charge in [-0.05, 0) is 19.1 Å². The summed E-state index contributed by atoms with van der Waals surface area (Å²) < 4.78 is 20.5. The van der Waals surface area contributed by atoms with E-state index in [9.17, 15) is 4.79 Å². The van der Waals surface area contributed by atoms with Gasteiger partial charge in [-0.15, -0.1) is 0 Å².